The largest absolute Gasteiger partial charge is 0.492 e. The number of ether oxygens (including phenoxy) is 2. The predicted octanol–water partition coefficient (Wildman–Crippen LogP) is 2.29. The fourth-order valence-corrected chi connectivity index (χ4v) is 2.95. The van der Waals surface area contributed by atoms with E-state index in [0.717, 1.165) is 42.1 Å². The van der Waals surface area contributed by atoms with Gasteiger partial charge in [0.2, 0.25) is 0 Å². The summed E-state index contributed by atoms with van der Waals surface area (Å²) in [4.78, 5) is 18.1. The van der Waals surface area contributed by atoms with Gasteiger partial charge in [-0.3, -0.25) is 9.79 Å². The Morgan fingerprint density at radius 2 is 2.00 bits per heavy atom. The van der Waals surface area contributed by atoms with Crippen molar-refractivity contribution < 1.29 is 14.3 Å². The number of hydrogen-bond donors (Lipinski definition) is 1. The van der Waals surface area contributed by atoms with E-state index in [0.29, 0.717) is 13.2 Å². The molecule has 0 bridgehead atoms. The number of guanidine groups is 1. The van der Waals surface area contributed by atoms with Crippen molar-refractivity contribution >= 4 is 27.9 Å². The number of carbonyl (C=O) groups is 1. The molecule has 0 amide bonds. The fourth-order valence-electron chi connectivity index (χ4n) is 2.69. The number of rotatable bonds is 5. The number of nitrogens with zero attached hydrogens (tertiary/aromatic N) is 2. The number of methoxy groups -OCH3 is 1. The molecule has 0 atom stereocenters. The molecule has 1 aromatic rings. The number of nitrogens with one attached hydrogen (secondary N) is 1. The Morgan fingerprint density at radius 1 is 1.33 bits per heavy atom. The number of esters is 1. The molecule has 1 saturated heterocycles. The van der Waals surface area contributed by atoms with Gasteiger partial charge in [0.05, 0.1) is 19.6 Å². The van der Waals surface area contributed by atoms with Gasteiger partial charge < -0.3 is 19.7 Å². The topological polar surface area (TPSA) is 63.2 Å². The first-order valence-electron chi connectivity index (χ1n) is 8.06. The van der Waals surface area contributed by atoms with Crippen molar-refractivity contribution in [1.82, 2.24) is 10.2 Å². The predicted molar refractivity (Wildman–Crippen MR) is 97.3 cm³/mol. The van der Waals surface area contributed by atoms with Gasteiger partial charge in [0.1, 0.15) is 12.4 Å². The van der Waals surface area contributed by atoms with Crippen LogP contribution in [0, 0.1) is 5.92 Å². The minimum Gasteiger partial charge on any atom is -0.492 e. The second kappa shape index (κ2) is 9.52. The molecule has 0 aliphatic carbocycles. The van der Waals surface area contributed by atoms with E-state index in [1.807, 2.05) is 24.3 Å². The van der Waals surface area contributed by atoms with E-state index < -0.39 is 0 Å². The summed E-state index contributed by atoms with van der Waals surface area (Å²) >= 11 is 3.40. The van der Waals surface area contributed by atoms with Gasteiger partial charge in [-0.2, -0.15) is 0 Å². The minimum absolute atomic E-state index is 0.00472. The average Bonchev–Trinajstić information content (AvgIpc) is 2.63. The van der Waals surface area contributed by atoms with Crippen LogP contribution < -0.4 is 10.1 Å². The highest BCUT2D eigenvalue weighted by Crippen LogP contribution is 2.18. The van der Waals surface area contributed by atoms with Gasteiger partial charge in [0.15, 0.2) is 5.96 Å². The molecule has 2 rings (SSSR count). The smallest absolute Gasteiger partial charge is 0.308 e. The van der Waals surface area contributed by atoms with Gasteiger partial charge in [-0.05, 0) is 37.1 Å². The summed E-state index contributed by atoms with van der Waals surface area (Å²) in [5, 5.41) is 3.30. The van der Waals surface area contributed by atoms with Gasteiger partial charge in [-0.1, -0.05) is 15.9 Å². The van der Waals surface area contributed by atoms with E-state index >= 15 is 0 Å². The standard InChI is InChI=1S/C17H24BrN3O3/c1-19-17(21-10-7-13(8-11-21)16(22)23-2)20-9-12-24-15-5-3-14(18)4-6-15/h3-6,13H,7-12H2,1-2H3,(H,19,20). The molecule has 24 heavy (non-hydrogen) atoms. The number of benzene rings is 1. The summed E-state index contributed by atoms with van der Waals surface area (Å²) in [6, 6.07) is 7.76. The first kappa shape index (κ1) is 18.6. The molecule has 1 N–H and O–H groups in total. The Labute approximate surface area is 151 Å². The van der Waals surface area contributed by atoms with Crippen LogP contribution in [-0.2, 0) is 9.53 Å². The van der Waals surface area contributed by atoms with Crippen molar-refractivity contribution in [2.45, 2.75) is 12.8 Å². The molecule has 1 aromatic carbocycles. The fraction of sp³-hybridized carbons (Fsp3) is 0.529. The maximum Gasteiger partial charge on any atom is 0.308 e. The normalized spacial score (nSPS) is 16.0. The Hall–Kier alpha value is -1.76. The average molecular weight is 398 g/mol. The number of likely N-dealkylation sites (tertiary alicyclic amines) is 1. The number of halogens is 1. The molecule has 1 aliphatic rings. The zero-order valence-corrected chi connectivity index (χ0v) is 15.7. The van der Waals surface area contributed by atoms with E-state index in [4.69, 9.17) is 9.47 Å². The molecule has 6 nitrogen and oxygen atoms in total. The molecule has 0 radical (unpaired) electrons. The highest BCUT2D eigenvalue weighted by atomic mass is 79.9. The maximum absolute atomic E-state index is 11.6. The van der Waals surface area contributed by atoms with Crippen LogP contribution in [0.1, 0.15) is 12.8 Å². The second-order valence-corrected chi connectivity index (χ2v) is 6.48. The molecule has 7 heteroatoms. The molecule has 0 unspecified atom stereocenters. The third-order valence-electron chi connectivity index (χ3n) is 4.01. The summed E-state index contributed by atoms with van der Waals surface area (Å²) in [5.41, 5.74) is 0. The van der Waals surface area contributed by atoms with Gasteiger partial charge in [-0.15, -0.1) is 0 Å². The first-order valence-corrected chi connectivity index (χ1v) is 8.85. The first-order chi connectivity index (χ1) is 11.6. The monoisotopic (exact) mass is 397 g/mol. The number of hydrogen-bond acceptors (Lipinski definition) is 4. The lowest BCUT2D eigenvalue weighted by Crippen LogP contribution is -2.47. The van der Waals surface area contributed by atoms with E-state index in [2.05, 4.69) is 31.1 Å². The van der Waals surface area contributed by atoms with E-state index in [1.165, 1.54) is 7.11 Å². The number of piperidine rings is 1. The molecular weight excluding hydrogens is 374 g/mol. The number of carbonyl (C=O) groups excluding carboxylic acids is 1. The Morgan fingerprint density at radius 3 is 2.58 bits per heavy atom. The van der Waals surface area contributed by atoms with Crippen LogP contribution >= 0.6 is 15.9 Å². The van der Waals surface area contributed by atoms with Crippen molar-refractivity contribution in [2.75, 3.05) is 40.4 Å². The zero-order chi connectivity index (χ0) is 17.4. The van der Waals surface area contributed by atoms with Gasteiger partial charge >= 0.3 is 5.97 Å². The lowest BCUT2D eigenvalue weighted by molar-refractivity contribution is -0.146. The SMILES string of the molecule is CN=C(NCCOc1ccc(Br)cc1)N1CCC(C(=O)OC)CC1. The molecule has 0 spiro atoms. The molecular formula is C17H24BrN3O3. The summed E-state index contributed by atoms with van der Waals surface area (Å²) in [6.45, 7) is 2.82. The van der Waals surface area contributed by atoms with Crippen LogP contribution in [0.5, 0.6) is 5.75 Å². The van der Waals surface area contributed by atoms with Crippen molar-refractivity contribution in [1.29, 1.82) is 0 Å². The van der Waals surface area contributed by atoms with Crippen molar-refractivity contribution in [3.8, 4) is 5.75 Å². The van der Waals surface area contributed by atoms with Crippen LogP contribution in [0.4, 0.5) is 0 Å². The summed E-state index contributed by atoms with van der Waals surface area (Å²) in [6.07, 6.45) is 1.59. The lowest BCUT2D eigenvalue weighted by atomic mass is 9.97. The van der Waals surface area contributed by atoms with Gasteiger partial charge in [0, 0.05) is 24.6 Å². The highest BCUT2D eigenvalue weighted by Gasteiger charge is 2.26. The van der Waals surface area contributed by atoms with Crippen LogP contribution in [0.2, 0.25) is 0 Å². The van der Waals surface area contributed by atoms with Gasteiger partial charge in [0.25, 0.3) is 0 Å². The molecule has 132 valence electrons. The molecule has 0 saturated carbocycles. The third-order valence-corrected chi connectivity index (χ3v) is 4.54. The second-order valence-electron chi connectivity index (χ2n) is 5.56. The van der Waals surface area contributed by atoms with Crippen LogP contribution in [0.15, 0.2) is 33.7 Å². The maximum atomic E-state index is 11.6. The summed E-state index contributed by atoms with van der Waals surface area (Å²) < 4.78 is 11.5. The quantitative estimate of drug-likeness (QED) is 0.357. The minimum atomic E-state index is -0.111. The van der Waals surface area contributed by atoms with Crippen molar-refractivity contribution in [2.24, 2.45) is 10.9 Å². The molecule has 0 aromatic heterocycles. The van der Waals surface area contributed by atoms with Crippen molar-refractivity contribution in [3.05, 3.63) is 28.7 Å². The zero-order valence-electron chi connectivity index (χ0n) is 14.1. The molecule has 1 fully saturated rings. The lowest BCUT2D eigenvalue weighted by Gasteiger charge is -2.33. The summed E-state index contributed by atoms with van der Waals surface area (Å²) in [5.74, 6) is 1.58. The summed E-state index contributed by atoms with van der Waals surface area (Å²) in [7, 11) is 3.21. The van der Waals surface area contributed by atoms with E-state index in [-0.39, 0.29) is 11.9 Å². The molecule has 1 aliphatic heterocycles. The molecule has 1 heterocycles. The Bertz CT molecular complexity index is 555. The van der Waals surface area contributed by atoms with Crippen molar-refractivity contribution in [3.63, 3.8) is 0 Å². The van der Waals surface area contributed by atoms with Crippen LogP contribution in [0.25, 0.3) is 0 Å². The third kappa shape index (κ3) is 5.40. The Balaban J connectivity index is 1.71. The highest BCUT2D eigenvalue weighted by molar-refractivity contribution is 9.10. The van der Waals surface area contributed by atoms with Gasteiger partial charge in [-0.25, -0.2) is 0 Å². The number of aliphatic imine (C=N–C) groups is 1. The van der Waals surface area contributed by atoms with Crippen LogP contribution in [-0.4, -0.2) is 57.2 Å². The van der Waals surface area contributed by atoms with Crippen LogP contribution in [0.3, 0.4) is 0 Å². The Kier molecular flexibility index (Phi) is 7.36. The van der Waals surface area contributed by atoms with E-state index in [9.17, 15) is 4.79 Å². The van der Waals surface area contributed by atoms with E-state index in [1.54, 1.807) is 7.05 Å².